The normalized spacial score (nSPS) is 50.0. The molecule has 0 aromatic rings. The minimum absolute atomic E-state index is 0.0468. The van der Waals surface area contributed by atoms with Gasteiger partial charge in [0.1, 0.15) is 6.54 Å². The molecule has 5 aliphatic carbocycles. The van der Waals surface area contributed by atoms with E-state index in [1.165, 1.54) is 44.9 Å². The Morgan fingerprint density at radius 1 is 0.912 bits per heavy atom. The lowest BCUT2D eigenvalue weighted by atomic mass is 9.37. The molecule has 5 fully saturated rings. The molecule has 192 valence electrons. The Morgan fingerprint density at radius 2 is 1.59 bits per heavy atom. The molecule has 0 heterocycles. The highest BCUT2D eigenvalue weighted by molar-refractivity contribution is 5.86. The predicted molar refractivity (Wildman–Crippen MR) is 135 cm³/mol. The maximum Gasteiger partial charge on any atom is 0.322 e. The van der Waals surface area contributed by atoms with Crippen molar-refractivity contribution >= 4 is 11.9 Å². The van der Waals surface area contributed by atoms with Crippen molar-refractivity contribution in [3.63, 3.8) is 0 Å². The van der Waals surface area contributed by atoms with Crippen molar-refractivity contribution < 1.29 is 14.7 Å². The van der Waals surface area contributed by atoms with Gasteiger partial charge in [-0.05, 0) is 116 Å². The number of rotatable bonds is 4. The van der Waals surface area contributed by atoms with Crippen LogP contribution in [0.1, 0.15) is 105 Å². The van der Waals surface area contributed by atoms with E-state index in [1.54, 1.807) is 0 Å². The summed E-state index contributed by atoms with van der Waals surface area (Å²) in [4.78, 5) is 24.8. The van der Waals surface area contributed by atoms with Crippen molar-refractivity contribution in [3.05, 3.63) is 0 Å². The van der Waals surface area contributed by atoms with Gasteiger partial charge in [-0.3, -0.25) is 9.59 Å². The standard InChI is InChI=1S/C30H49NO3/c1-18(2)20-10-15-30(27(34)31-17-25(32)33)16-12-23-21(26(20)30)8-9-24-28(4)13-6-7-19(3)22(28)11-14-29(23,24)5/h18-24,26H,6-17H2,1-5H3,(H,31,34)(H,32,33). The van der Waals surface area contributed by atoms with Crippen LogP contribution in [0.25, 0.3) is 0 Å². The molecule has 0 saturated heterocycles. The minimum Gasteiger partial charge on any atom is -0.480 e. The summed E-state index contributed by atoms with van der Waals surface area (Å²) in [5.41, 5.74) is 0.560. The van der Waals surface area contributed by atoms with E-state index in [2.05, 4.69) is 39.9 Å². The first-order chi connectivity index (χ1) is 16.0. The highest BCUT2D eigenvalue weighted by Crippen LogP contribution is 2.72. The third kappa shape index (κ3) is 3.43. The van der Waals surface area contributed by atoms with Gasteiger partial charge >= 0.3 is 5.97 Å². The van der Waals surface area contributed by atoms with E-state index in [9.17, 15) is 14.7 Å². The van der Waals surface area contributed by atoms with Crippen LogP contribution in [-0.4, -0.2) is 23.5 Å². The lowest BCUT2D eigenvalue weighted by Gasteiger charge is -2.67. The lowest BCUT2D eigenvalue weighted by molar-refractivity contribution is -0.190. The molecule has 4 nitrogen and oxygen atoms in total. The first kappa shape index (κ1) is 24.6. The maximum atomic E-state index is 13.6. The lowest BCUT2D eigenvalue weighted by Crippen LogP contribution is -2.62. The molecule has 0 radical (unpaired) electrons. The van der Waals surface area contributed by atoms with Gasteiger partial charge in [0.05, 0.1) is 5.41 Å². The number of carbonyl (C=O) groups excluding carboxylic acids is 1. The van der Waals surface area contributed by atoms with Crippen LogP contribution in [0, 0.1) is 63.6 Å². The van der Waals surface area contributed by atoms with Crippen LogP contribution >= 0.6 is 0 Å². The fraction of sp³-hybridized carbons (Fsp3) is 0.933. The Labute approximate surface area is 207 Å². The molecule has 10 atom stereocenters. The number of carboxylic acid groups (broad SMARTS) is 1. The second-order valence-electron chi connectivity index (χ2n) is 14.2. The van der Waals surface area contributed by atoms with Gasteiger partial charge < -0.3 is 10.4 Å². The fourth-order valence-electron chi connectivity index (χ4n) is 11.5. The molecule has 2 N–H and O–H groups in total. The molecule has 0 aromatic carbocycles. The molecule has 5 saturated carbocycles. The molecule has 34 heavy (non-hydrogen) atoms. The van der Waals surface area contributed by atoms with Gasteiger partial charge in [0.2, 0.25) is 5.91 Å². The fourth-order valence-corrected chi connectivity index (χ4v) is 11.5. The van der Waals surface area contributed by atoms with Crippen molar-refractivity contribution in [2.75, 3.05) is 6.54 Å². The summed E-state index contributed by atoms with van der Waals surface area (Å²) < 4.78 is 0. The van der Waals surface area contributed by atoms with Crippen molar-refractivity contribution in [1.29, 1.82) is 0 Å². The number of carboxylic acids is 1. The number of hydrogen-bond acceptors (Lipinski definition) is 2. The molecular formula is C30H49NO3. The topological polar surface area (TPSA) is 66.4 Å². The van der Waals surface area contributed by atoms with E-state index >= 15 is 0 Å². The van der Waals surface area contributed by atoms with Crippen LogP contribution in [0.2, 0.25) is 0 Å². The van der Waals surface area contributed by atoms with Crippen LogP contribution < -0.4 is 5.32 Å². The number of nitrogens with one attached hydrogen (secondary N) is 1. The van der Waals surface area contributed by atoms with Gasteiger partial charge in [0, 0.05) is 0 Å². The van der Waals surface area contributed by atoms with E-state index < -0.39 is 5.97 Å². The molecule has 1 amide bonds. The van der Waals surface area contributed by atoms with Gasteiger partial charge in [-0.15, -0.1) is 0 Å². The third-order valence-corrected chi connectivity index (χ3v) is 12.7. The molecule has 5 rings (SSSR count). The van der Waals surface area contributed by atoms with E-state index in [0.717, 1.165) is 49.4 Å². The van der Waals surface area contributed by atoms with Crippen molar-refractivity contribution in [2.24, 2.45) is 63.6 Å². The summed E-state index contributed by atoms with van der Waals surface area (Å²) in [7, 11) is 0. The van der Waals surface area contributed by atoms with E-state index in [4.69, 9.17) is 0 Å². The summed E-state index contributed by atoms with van der Waals surface area (Å²) in [6.07, 6.45) is 13.8. The molecule has 0 spiro atoms. The second-order valence-corrected chi connectivity index (χ2v) is 14.2. The Balaban J connectivity index is 1.47. The van der Waals surface area contributed by atoms with Gasteiger partial charge in [0.25, 0.3) is 0 Å². The van der Waals surface area contributed by atoms with Crippen molar-refractivity contribution in [1.82, 2.24) is 5.32 Å². The Bertz CT molecular complexity index is 824. The SMILES string of the molecule is CC(C)C1CCC2(C(=O)NCC(=O)O)CCC3C(CCC4C5(C)CCCC(C)C5CCC34C)C12. The average molecular weight is 472 g/mol. The van der Waals surface area contributed by atoms with Gasteiger partial charge in [0.15, 0.2) is 0 Å². The number of fused-ring (bicyclic) bond motifs is 7. The quantitative estimate of drug-likeness (QED) is 0.489. The predicted octanol–water partition coefficient (Wildman–Crippen LogP) is 6.53. The van der Waals surface area contributed by atoms with Gasteiger partial charge in [-0.25, -0.2) is 0 Å². The van der Waals surface area contributed by atoms with Crippen LogP contribution in [0.4, 0.5) is 0 Å². The third-order valence-electron chi connectivity index (χ3n) is 12.7. The molecule has 0 bridgehead atoms. The summed E-state index contributed by atoms with van der Waals surface area (Å²) in [5, 5.41) is 12.1. The van der Waals surface area contributed by atoms with E-state index in [-0.39, 0.29) is 17.9 Å². The zero-order valence-corrected chi connectivity index (χ0v) is 22.4. The van der Waals surface area contributed by atoms with E-state index in [1.807, 2.05) is 0 Å². The van der Waals surface area contributed by atoms with Crippen LogP contribution in [-0.2, 0) is 9.59 Å². The van der Waals surface area contributed by atoms with Crippen LogP contribution in [0.15, 0.2) is 0 Å². The highest BCUT2D eigenvalue weighted by atomic mass is 16.4. The zero-order chi connectivity index (χ0) is 24.5. The van der Waals surface area contributed by atoms with Crippen molar-refractivity contribution in [3.8, 4) is 0 Å². The highest BCUT2D eigenvalue weighted by Gasteiger charge is 2.66. The largest absolute Gasteiger partial charge is 0.480 e. The smallest absolute Gasteiger partial charge is 0.322 e. The Morgan fingerprint density at radius 3 is 2.29 bits per heavy atom. The zero-order valence-electron chi connectivity index (χ0n) is 22.4. The monoisotopic (exact) mass is 471 g/mol. The summed E-state index contributed by atoms with van der Waals surface area (Å²) in [5.74, 6) is 4.66. The number of hydrogen-bond donors (Lipinski definition) is 2. The number of amides is 1. The van der Waals surface area contributed by atoms with Crippen molar-refractivity contribution in [2.45, 2.75) is 105 Å². The Hall–Kier alpha value is -1.06. The van der Waals surface area contributed by atoms with Crippen LogP contribution in [0.3, 0.4) is 0 Å². The molecule has 10 unspecified atom stereocenters. The van der Waals surface area contributed by atoms with Gasteiger partial charge in [-0.1, -0.05) is 47.5 Å². The van der Waals surface area contributed by atoms with Gasteiger partial charge in [-0.2, -0.15) is 0 Å². The maximum absolute atomic E-state index is 13.6. The summed E-state index contributed by atoms with van der Waals surface area (Å²) in [6.45, 7) is 12.3. The average Bonchev–Trinajstić information content (AvgIpc) is 3.18. The minimum atomic E-state index is -0.937. The second kappa shape index (κ2) is 8.51. The molecule has 5 aliphatic rings. The number of aliphatic carboxylic acids is 1. The molecular weight excluding hydrogens is 422 g/mol. The van der Waals surface area contributed by atoms with E-state index in [0.29, 0.717) is 34.5 Å². The number of carbonyl (C=O) groups is 2. The molecule has 0 aromatic heterocycles. The molecule has 4 heteroatoms. The first-order valence-electron chi connectivity index (χ1n) is 14.5. The first-order valence-corrected chi connectivity index (χ1v) is 14.5. The summed E-state index contributed by atoms with van der Waals surface area (Å²) >= 11 is 0. The molecule has 0 aliphatic heterocycles. The Kier molecular flexibility index (Phi) is 6.16. The van der Waals surface area contributed by atoms with Crippen LogP contribution in [0.5, 0.6) is 0 Å². The summed E-state index contributed by atoms with van der Waals surface area (Å²) in [6, 6.07) is 0.